The van der Waals surface area contributed by atoms with E-state index in [-0.39, 0.29) is 18.0 Å². The van der Waals surface area contributed by atoms with E-state index in [4.69, 9.17) is 9.47 Å². The molecule has 1 aliphatic heterocycles. The fraction of sp³-hybridized carbons (Fsp3) is 0.0556. The second kappa shape index (κ2) is 4.64. The molecule has 2 aromatic carbocycles. The first-order chi connectivity index (χ1) is 11.0. The molecule has 0 atom stereocenters. The van der Waals surface area contributed by atoms with Gasteiger partial charge in [0.25, 0.3) is 0 Å². The first kappa shape index (κ1) is 13.5. The van der Waals surface area contributed by atoms with Crippen LogP contribution in [0.5, 0.6) is 11.5 Å². The summed E-state index contributed by atoms with van der Waals surface area (Å²) in [7, 11) is 0. The van der Waals surface area contributed by atoms with Crippen molar-refractivity contribution in [3.8, 4) is 11.5 Å². The molecule has 0 aromatic heterocycles. The van der Waals surface area contributed by atoms with E-state index < -0.39 is 5.97 Å². The minimum atomic E-state index is -0.467. The highest BCUT2D eigenvalue weighted by Crippen LogP contribution is 2.34. The lowest BCUT2D eigenvalue weighted by molar-refractivity contribution is 0.0715. The van der Waals surface area contributed by atoms with Gasteiger partial charge >= 0.3 is 5.97 Å². The molecule has 0 amide bonds. The normalized spacial score (nSPS) is 15.5. The number of fused-ring (bicyclic) bond motifs is 2. The Balaban J connectivity index is 1.68. The summed E-state index contributed by atoms with van der Waals surface area (Å²) in [6.07, 6.45) is -0.0917. The Labute approximate surface area is 131 Å². The first-order valence-electron chi connectivity index (χ1n) is 6.97. The summed E-state index contributed by atoms with van der Waals surface area (Å²) in [6, 6.07) is 9.70. The molecule has 112 valence electrons. The van der Waals surface area contributed by atoms with E-state index in [0.717, 1.165) is 0 Å². The van der Waals surface area contributed by atoms with Gasteiger partial charge in [-0.3, -0.25) is 9.59 Å². The highest BCUT2D eigenvalue weighted by Gasteiger charge is 2.28. The topological polar surface area (TPSA) is 69.7 Å². The van der Waals surface area contributed by atoms with E-state index in [0.29, 0.717) is 39.5 Å². The fourth-order valence-electron chi connectivity index (χ4n) is 2.75. The van der Waals surface area contributed by atoms with Crippen molar-refractivity contribution in [2.75, 3.05) is 0 Å². The molecule has 5 heteroatoms. The van der Waals surface area contributed by atoms with Crippen LogP contribution in [0, 0.1) is 0 Å². The fourth-order valence-corrected chi connectivity index (χ4v) is 2.75. The molecule has 4 rings (SSSR count). The van der Waals surface area contributed by atoms with Crippen LogP contribution in [-0.4, -0.2) is 17.5 Å². The number of rotatable bonds is 2. The Hall–Kier alpha value is -3.21. The minimum absolute atomic E-state index is 0.0917. The van der Waals surface area contributed by atoms with Gasteiger partial charge in [0, 0.05) is 16.7 Å². The Kier molecular flexibility index (Phi) is 2.72. The van der Waals surface area contributed by atoms with Crippen molar-refractivity contribution >= 4 is 23.3 Å². The third kappa shape index (κ3) is 2.05. The summed E-state index contributed by atoms with van der Waals surface area (Å²) in [5.74, 6) is 0.340. The van der Waals surface area contributed by atoms with Gasteiger partial charge in [-0.25, -0.2) is 4.79 Å². The van der Waals surface area contributed by atoms with Crippen LogP contribution in [-0.2, 0) is 4.74 Å². The Morgan fingerprint density at radius 1 is 0.826 bits per heavy atom. The SMILES string of the molecule is C=C1OC(=O)c2cc(Oc3ccc4c(c3)C(=O)CC4=O)ccc21. The van der Waals surface area contributed by atoms with E-state index in [1.54, 1.807) is 36.4 Å². The molecule has 2 aromatic rings. The quantitative estimate of drug-likeness (QED) is 0.628. The smallest absolute Gasteiger partial charge is 0.344 e. The van der Waals surface area contributed by atoms with E-state index in [2.05, 4.69) is 6.58 Å². The largest absolute Gasteiger partial charge is 0.457 e. The van der Waals surface area contributed by atoms with E-state index >= 15 is 0 Å². The van der Waals surface area contributed by atoms with Crippen LogP contribution in [0.3, 0.4) is 0 Å². The highest BCUT2D eigenvalue weighted by atomic mass is 16.5. The average molecular weight is 306 g/mol. The number of benzene rings is 2. The molecule has 0 saturated heterocycles. The lowest BCUT2D eigenvalue weighted by atomic mass is 10.1. The number of carbonyl (C=O) groups is 3. The van der Waals surface area contributed by atoms with Crippen LogP contribution in [0.2, 0.25) is 0 Å². The molecular formula is C18H10O5. The third-order valence-corrected chi connectivity index (χ3v) is 3.88. The lowest BCUT2D eigenvalue weighted by Gasteiger charge is -2.07. The van der Waals surface area contributed by atoms with Crippen molar-refractivity contribution in [1.29, 1.82) is 0 Å². The number of esters is 1. The van der Waals surface area contributed by atoms with Gasteiger partial charge in [0.2, 0.25) is 0 Å². The second-order valence-corrected chi connectivity index (χ2v) is 5.35. The van der Waals surface area contributed by atoms with Gasteiger partial charge in [0.15, 0.2) is 11.6 Å². The zero-order valence-electron chi connectivity index (χ0n) is 11.9. The van der Waals surface area contributed by atoms with E-state index in [1.807, 2.05) is 0 Å². The number of Topliss-reactive ketones (excluding diaryl/α,β-unsaturated/α-hetero) is 2. The maximum Gasteiger partial charge on any atom is 0.344 e. The summed E-state index contributed by atoms with van der Waals surface area (Å²) in [4.78, 5) is 35.1. The van der Waals surface area contributed by atoms with Gasteiger partial charge in [0.05, 0.1) is 12.0 Å². The maximum absolute atomic E-state index is 11.8. The van der Waals surface area contributed by atoms with Gasteiger partial charge in [-0.15, -0.1) is 0 Å². The Bertz CT molecular complexity index is 848. The first-order valence-corrected chi connectivity index (χ1v) is 6.97. The molecule has 1 heterocycles. The molecule has 1 aliphatic carbocycles. The molecule has 0 spiro atoms. The van der Waals surface area contributed by atoms with E-state index in [9.17, 15) is 14.4 Å². The van der Waals surface area contributed by atoms with Crippen LogP contribution < -0.4 is 4.74 Å². The van der Waals surface area contributed by atoms with E-state index in [1.165, 1.54) is 0 Å². The van der Waals surface area contributed by atoms with Crippen LogP contribution in [0.15, 0.2) is 43.0 Å². The second-order valence-electron chi connectivity index (χ2n) is 5.35. The van der Waals surface area contributed by atoms with Gasteiger partial charge in [-0.1, -0.05) is 6.58 Å². The molecule has 5 nitrogen and oxygen atoms in total. The Morgan fingerprint density at radius 2 is 1.43 bits per heavy atom. The number of ether oxygens (including phenoxy) is 2. The summed E-state index contributed by atoms with van der Waals surface area (Å²) >= 11 is 0. The van der Waals surface area contributed by atoms with Crippen molar-refractivity contribution in [2.24, 2.45) is 0 Å². The van der Waals surface area contributed by atoms with Crippen LogP contribution in [0.25, 0.3) is 5.76 Å². The molecule has 0 saturated carbocycles. The molecule has 0 fully saturated rings. The van der Waals surface area contributed by atoms with Gasteiger partial charge < -0.3 is 9.47 Å². The Morgan fingerprint density at radius 3 is 2.17 bits per heavy atom. The zero-order valence-corrected chi connectivity index (χ0v) is 11.9. The van der Waals surface area contributed by atoms with Crippen LogP contribution in [0.4, 0.5) is 0 Å². The standard InChI is InChI=1S/C18H10O5/c1-9-12-4-2-11(7-15(12)18(21)22-9)23-10-3-5-13-14(6-10)17(20)8-16(13)19/h2-7H,1,8H2. The lowest BCUT2D eigenvalue weighted by Crippen LogP contribution is -1.95. The predicted molar refractivity (Wildman–Crippen MR) is 80.7 cm³/mol. The molecular weight excluding hydrogens is 296 g/mol. The van der Waals surface area contributed by atoms with Crippen molar-refractivity contribution in [3.63, 3.8) is 0 Å². The zero-order chi connectivity index (χ0) is 16.1. The molecule has 0 unspecified atom stereocenters. The van der Waals surface area contributed by atoms with Crippen LogP contribution in [0.1, 0.15) is 43.1 Å². The average Bonchev–Trinajstić information content (AvgIpc) is 2.96. The minimum Gasteiger partial charge on any atom is -0.457 e. The molecule has 2 aliphatic rings. The van der Waals surface area contributed by atoms with Crippen molar-refractivity contribution in [2.45, 2.75) is 6.42 Å². The summed E-state index contributed by atoms with van der Waals surface area (Å²) < 4.78 is 10.6. The molecule has 0 bridgehead atoms. The number of ketones is 2. The van der Waals surface area contributed by atoms with Gasteiger partial charge in [-0.05, 0) is 36.4 Å². The predicted octanol–water partition coefficient (Wildman–Crippen LogP) is 3.39. The third-order valence-electron chi connectivity index (χ3n) is 3.88. The van der Waals surface area contributed by atoms with Crippen LogP contribution >= 0.6 is 0 Å². The monoisotopic (exact) mass is 306 g/mol. The molecule has 0 radical (unpaired) electrons. The molecule has 23 heavy (non-hydrogen) atoms. The van der Waals surface area contributed by atoms with Gasteiger partial charge in [0.1, 0.15) is 17.3 Å². The van der Waals surface area contributed by atoms with Gasteiger partial charge in [-0.2, -0.15) is 0 Å². The van der Waals surface area contributed by atoms with Crippen molar-refractivity contribution in [3.05, 3.63) is 65.2 Å². The summed E-state index contributed by atoms with van der Waals surface area (Å²) in [6.45, 7) is 3.66. The number of hydrogen-bond donors (Lipinski definition) is 0. The number of cyclic esters (lactones) is 1. The summed E-state index contributed by atoms with van der Waals surface area (Å²) in [5, 5.41) is 0. The summed E-state index contributed by atoms with van der Waals surface area (Å²) in [5.41, 5.74) is 1.83. The van der Waals surface area contributed by atoms with Crippen molar-refractivity contribution < 1.29 is 23.9 Å². The van der Waals surface area contributed by atoms with Crippen molar-refractivity contribution in [1.82, 2.24) is 0 Å². The number of carbonyl (C=O) groups excluding carboxylic acids is 3. The molecule has 0 N–H and O–H groups in total. The maximum atomic E-state index is 11.8. The number of hydrogen-bond acceptors (Lipinski definition) is 5. The highest BCUT2D eigenvalue weighted by molar-refractivity contribution is 6.24.